The summed E-state index contributed by atoms with van der Waals surface area (Å²) in [6.45, 7) is 5.76. The molecule has 0 aromatic carbocycles. The van der Waals surface area contributed by atoms with Crippen LogP contribution in [0.2, 0.25) is 0 Å². The summed E-state index contributed by atoms with van der Waals surface area (Å²) >= 11 is 4.43. The average Bonchev–Trinajstić information content (AvgIpc) is 2.32. The molecule has 2 rings (SSSR count). The molecule has 0 bridgehead atoms. The Morgan fingerprint density at radius 1 is 1.39 bits per heavy atom. The minimum Gasteiger partial charge on any atom is -0.389 e. The zero-order valence-electron chi connectivity index (χ0n) is 11.0. The second-order valence-corrected chi connectivity index (χ2v) is 5.97. The van der Waals surface area contributed by atoms with Gasteiger partial charge in [-0.1, -0.05) is 0 Å². The predicted octanol–water partition coefficient (Wildman–Crippen LogP) is 1.43. The van der Waals surface area contributed by atoms with Crippen LogP contribution < -0.4 is 0 Å². The molecule has 1 aliphatic rings. The van der Waals surface area contributed by atoms with Crippen molar-refractivity contribution >= 4 is 12.6 Å². The number of aryl methyl sites for hydroxylation is 1. The molecule has 18 heavy (non-hydrogen) atoms. The van der Waals surface area contributed by atoms with E-state index in [0.717, 1.165) is 37.3 Å². The monoisotopic (exact) mass is 267 g/mol. The average molecular weight is 267 g/mol. The molecule has 1 N–H and O–H groups in total. The molecule has 1 aliphatic heterocycles. The molecule has 1 aromatic heterocycles. The quantitative estimate of drug-likeness (QED) is 0.814. The zero-order valence-corrected chi connectivity index (χ0v) is 11.9. The number of hydrogen-bond acceptors (Lipinski definition) is 5. The first-order chi connectivity index (χ1) is 8.48. The molecule has 1 atom stereocenters. The molecule has 0 amide bonds. The Bertz CT molecular complexity index is 386. The summed E-state index contributed by atoms with van der Waals surface area (Å²) in [6.07, 6.45) is 5.65. The molecule has 1 saturated heterocycles. The smallest absolute Gasteiger partial charge is 0.0728 e. The lowest BCUT2D eigenvalue weighted by Gasteiger charge is -2.39. The molecule has 1 fully saturated rings. The van der Waals surface area contributed by atoms with Crippen molar-refractivity contribution in [2.45, 2.75) is 44.1 Å². The van der Waals surface area contributed by atoms with Gasteiger partial charge in [-0.3, -0.25) is 14.9 Å². The summed E-state index contributed by atoms with van der Waals surface area (Å²) in [7, 11) is 0. The van der Waals surface area contributed by atoms with E-state index in [4.69, 9.17) is 0 Å². The van der Waals surface area contributed by atoms with Gasteiger partial charge in [0.2, 0.25) is 0 Å². The number of nitrogens with zero attached hydrogens (tertiary/aromatic N) is 3. The van der Waals surface area contributed by atoms with E-state index in [1.807, 2.05) is 6.92 Å². The zero-order chi connectivity index (χ0) is 13.2. The van der Waals surface area contributed by atoms with Crippen molar-refractivity contribution in [3.63, 3.8) is 0 Å². The summed E-state index contributed by atoms with van der Waals surface area (Å²) in [5.74, 6) is 0. The normalized spacial score (nSPS) is 21.8. The fourth-order valence-corrected chi connectivity index (χ4v) is 2.57. The number of likely N-dealkylation sites (tertiary alicyclic amines) is 1. The summed E-state index contributed by atoms with van der Waals surface area (Å²) in [5, 5.41) is 10.8. The highest BCUT2D eigenvalue weighted by Crippen LogP contribution is 2.27. The van der Waals surface area contributed by atoms with Crippen molar-refractivity contribution in [1.82, 2.24) is 14.9 Å². The van der Waals surface area contributed by atoms with E-state index in [1.54, 1.807) is 12.4 Å². The molecule has 1 unspecified atom stereocenters. The predicted molar refractivity (Wildman–Crippen MR) is 74.7 cm³/mol. The first-order valence-electron chi connectivity index (χ1n) is 6.40. The summed E-state index contributed by atoms with van der Waals surface area (Å²) < 4.78 is 0. The van der Waals surface area contributed by atoms with Crippen molar-refractivity contribution in [3.05, 3.63) is 23.8 Å². The van der Waals surface area contributed by atoms with Gasteiger partial charge in [-0.05, 0) is 26.7 Å². The summed E-state index contributed by atoms with van der Waals surface area (Å²) in [5.41, 5.74) is 1.14. The third-order valence-electron chi connectivity index (χ3n) is 3.60. The second-order valence-electron chi connectivity index (χ2n) is 5.22. The van der Waals surface area contributed by atoms with Crippen molar-refractivity contribution < 1.29 is 5.11 Å². The second kappa shape index (κ2) is 5.55. The van der Waals surface area contributed by atoms with E-state index < -0.39 is 5.60 Å². The Morgan fingerprint density at radius 2 is 2.06 bits per heavy atom. The van der Waals surface area contributed by atoms with Crippen LogP contribution in [0.15, 0.2) is 12.4 Å². The maximum Gasteiger partial charge on any atom is 0.0728 e. The fourth-order valence-electron chi connectivity index (χ4n) is 2.34. The van der Waals surface area contributed by atoms with Crippen LogP contribution in [-0.4, -0.2) is 44.0 Å². The minimum absolute atomic E-state index is 0.258. The van der Waals surface area contributed by atoms with Crippen LogP contribution in [0.1, 0.15) is 31.2 Å². The number of piperidine rings is 1. The highest BCUT2D eigenvalue weighted by molar-refractivity contribution is 7.80. The van der Waals surface area contributed by atoms with Crippen LogP contribution >= 0.6 is 12.6 Å². The van der Waals surface area contributed by atoms with Crippen LogP contribution in [-0.2, 0) is 6.42 Å². The van der Waals surface area contributed by atoms with Gasteiger partial charge in [0.25, 0.3) is 0 Å². The van der Waals surface area contributed by atoms with Gasteiger partial charge in [0, 0.05) is 37.3 Å². The van der Waals surface area contributed by atoms with Gasteiger partial charge in [0.15, 0.2) is 0 Å². The molecule has 100 valence electrons. The third kappa shape index (κ3) is 3.43. The van der Waals surface area contributed by atoms with Crippen molar-refractivity contribution in [2.24, 2.45) is 0 Å². The van der Waals surface area contributed by atoms with Crippen LogP contribution in [0.25, 0.3) is 0 Å². The van der Waals surface area contributed by atoms with Gasteiger partial charge in [0.1, 0.15) is 0 Å². The van der Waals surface area contributed by atoms with Crippen LogP contribution in [0.5, 0.6) is 0 Å². The highest BCUT2D eigenvalue weighted by Gasteiger charge is 2.33. The molecule has 4 nitrogen and oxygen atoms in total. The Kier molecular flexibility index (Phi) is 4.25. The molecule has 2 heterocycles. The van der Waals surface area contributed by atoms with Crippen molar-refractivity contribution in [3.8, 4) is 0 Å². The maximum absolute atomic E-state index is 10.6. The Hall–Kier alpha value is -0.650. The van der Waals surface area contributed by atoms with Crippen LogP contribution in [0.3, 0.4) is 0 Å². The third-order valence-corrected chi connectivity index (χ3v) is 3.93. The van der Waals surface area contributed by atoms with Crippen LogP contribution in [0.4, 0.5) is 0 Å². The Balaban J connectivity index is 1.95. The van der Waals surface area contributed by atoms with E-state index in [2.05, 4.69) is 34.4 Å². The highest BCUT2D eigenvalue weighted by atomic mass is 32.1. The fraction of sp³-hybridized carbons (Fsp3) is 0.692. The standard InChI is InChI=1S/C13H21N3OS/c1-10-8-15-12(9-14-10)7-13(17)3-5-16(6-4-13)11(2)18/h8-9,11,17-18H,3-7H2,1-2H3. The van der Waals surface area contributed by atoms with Gasteiger partial charge in [0.05, 0.1) is 17.0 Å². The lowest BCUT2D eigenvalue weighted by Crippen LogP contribution is -2.47. The molecule has 0 radical (unpaired) electrons. The topological polar surface area (TPSA) is 49.3 Å². The first-order valence-corrected chi connectivity index (χ1v) is 6.92. The van der Waals surface area contributed by atoms with E-state index >= 15 is 0 Å². The lowest BCUT2D eigenvalue weighted by atomic mass is 9.87. The van der Waals surface area contributed by atoms with E-state index in [0.29, 0.717) is 6.42 Å². The molecular formula is C13H21N3OS. The van der Waals surface area contributed by atoms with Crippen LogP contribution in [0, 0.1) is 6.92 Å². The number of aliphatic hydroxyl groups is 1. The van der Waals surface area contributed by atoms with E-state index in [9.17, 15) is 5.11 Å². The molecule has 0 saturated carbocycles. The molecular weight excluding hydrogens is 246 g/mol. The molecule has 5 heteroatoms. The van der Waals surface area contributed by atoms with Gasteiger partial charge >= 0.3 is 0 Å². The molecule has 1 aromatic rings. The Morgan fingerprint density at radius 3 is 2.56 bits per heavy atom. The Labute approximate surface area is 114 Å². The van der Waals surface area contributed by atoms with Crippen molar-refractivity contribution in [1.29, 1.82) is 0 Å². The largest absolute Gasteiger partial charge is 0.389 e. The number of hydrogen-bond donors (Lipinski definition) is 2. The number of thiol groups is 1. The maximum atomic E-state index is 10.6. The molecule has 0 aliphatic carbocycles. The number of rotatable bonds is 3. The molecule has 0 spiro atoms. The SMILES string of the molecule is Cc1cnc(CC2(O)CCN(C(C)S)CC2)cn1. The van der Waals surface area contributed by atoms with Gasteiger partial charge in [-0.15, -0.1) is 0 Å². The van der Waals surface area contributed by atoms with Gasteiger partial charge in [-0.25, -0.2) is 0 Å². The van der Waals surface area contributed by atoms with Gasteiger partial charge < -0.3 is 5.11 Å². The number of aromatic nitrogens is 2. The van der Waals surface area contributed by atoms with Gasteiger partial charge in [-0.2, -0.15) is 12.6 Å². The first kappa shape index (κ1) is 13.8. The summed E-state index contributed by atoms with van der Waals surface area (Å²) in [4.78, 5) is 10.8. The lowest BCUT2D eigenvalue weighted by molar-refractivity contribution is -0.0224. The van der Waals surface area contributed by atoms with E-state index in [-0.39, 0.29) is 5.37 Å². The minimum atomic E-state index is -0.636. The summed E-state index contributed by atoms with van der Waals surface area (Å²) in [6, 6.07) is 0. The van der Waals surface area contributed by atoms with E-state index in [1.165, 1.54) is 0 Å². The van der Waals surface area contributed by atoms with Crippen molar-refractivity contribution in [2.75, 3.05) is 13.1 Å².